The van der Waals surface area contributed by atoms with Gasteiger partial charge in [0, 0.05) is 11.8 Å². The minimum atomic E-state index is -0.196. The fourth-order valence-corrected chi connectivity index (χ4v) is 6.72. The van der Waals surface area contributed by atoms with E-state index in [2.05, 4.69) is 90.3 Å². The van der Waals surface area contributed by atoms with Gasteiger partial charge in [0.25, 0.3) is 0 Å². The zero-order valence-corrected chi connectivity index (χ0v) is 23.6. The fourth-order valence-electron chi connectivity index (χ4n) is 5.33. The molecule has 0 saturated carbocycles. The number of halogens is 1. The lowest BCUT2D eigenvalue weighted by Crippen LogP contribution is -2.19. The topological polar surface area (TPSA) is 21.3 Å². The lowest BCUT2D eigenvalue weighted by atomic mass is 9.89. The van der Waals surface area contributed by atoms with E-state index in [1.165, 1.54) is 16.4 Å². The molecule has 2 aliphatic carbocycles. The third kappa shape index (κ3) is 7.66. The lowest BCUT2D eigenvalue weighted by Gasteiger charge is -2.23. The monoisotopic (exact) mass is 537 g/mol. The van der Waals surface area contributed by atoms with Gasteiger partial charge in [-0.1, -0.05) is 99.7 Å². The second kappa shape index (κ2) is 13.7. The normalized spacial score (nSPS) is 18.3. The van der Waals surface area contributed by atoms with Gasteiger partial charge in [0.05, 0.1) is 0 Å². The molecule has 5 rings (SSSR count). The third-order valence-electron chi connectivity index (χ3n) is 7.27. The summed E-state index contributed by atoms with van der Waals surface area (Å²) in [4.78, 5) is 0. The predicted molar refractivity (Wildman–Crippen MR) is 164 cm³/mol. The van der Waals surface area contributed by atoms with Crippen LogP contribution in [0.4, 0.5) is 4.39 Å². The molecular weight excluding hydrogens is 500 g/mol. The molecule has 200 valence electrons. The summed E-state index contributed by atoms with van der Waals surface area (Å²) in [6, 6.07) is 20.3. The van der Waals surface area contributed by atoms with E-state index in [-0.39, 0.29) is 5.82 Å². The molecule has 0 saturated heterocycles. The highest BCUT2D eigenvalue weighted by Crippen LogP contribution is 2.32. The van der Waals surface area contributed by atoms with Gasteiger partial charge < -0.3 is 10.1 Å². The summed E-state index contributed by atoms with van der Waals surface area (Å²) in [5, 5.41) is 5.56. The van der Waals surface area contributed by atoms with Crippen molar-refractivity contribution < 1.29 is 9.13 Å². The van der Waals surface area contributed by atoms with E-state index in [1.807, 2.05) is 19.2 Å². The van der Waals surface area contributed by atoms with Crippen LogP contribution in [-0.2, 0) is 26.0 Å². The van der Waals surface area contributed by atoms with Crippen molar-refractivity contribution in [3.05, 3.63) is 137 Å². The summed E-state index contributed by atoms with van der Waals surface area (Å²) in [7, 11) is 2.28. The Morgan fingerprint density at radius 3 is 2.23 bits per heavy atom. The lowest BCUT2D eigenvalue weighted by molar-refractivity contribution is 0.304. The van der Waals surface area contributed by atoms with Crippen molar-refractivity contribution >= 4 is 19.2 Å². The van der Waals surface area contributed by atoms with E-state index in [4.69, 9.17) is 4.74 Å². The van der Waals surface area contributed by atoms with Crippen LogP contribution in [0.25, 0.3) is 0 Å². The largest absolute Gasteiger partial charge is 0.488 e. The van der Waals surface area contributed by atoms with E-state index in [1.54, 1.807) is 12.1 Å². The van der Waals surface area contributed by atoms with Crippen LogP contribution in [0.1, 0.15) is 35.1 Å². The minimum absolute atomic E-state index is 0.196. The first kappa shape index (κ1) is 27.3. The van der Waals surface area contributed by atoms with E-state index in [0.717, 1.165) is 47.9 Å². The molecule has 3 aromatic rings. The number of allylic oxidation sites excluding steroid dienone is 8. The van der Waals surface area contributed by atoms with Crippen molar-refractivity contribution in [3.8, 4) is 5.75 Å². The average molecular weight is 538 g/mol. The Labute approximate surface area is 234 Å². The summed E-state index contributed by atoms with van der Waals surface area (Å²) in [5.41, 5.74) is 4.76. The van der Waals surface area contributed by atoms with Crippen LogP contribution in [0.2, 0.25) is 0 Å². The number of hydrogen-bond donors (Lipinski definition) is 1. The second-order valence-electron chi connectivity index (χ2n) is 10.4. The van der Waals surface area contributed by atoms with E-state index < -0.39 is 0 Å². The minimum Gasteiger partial charge on any atom is -0.488 e. The van der Waals surface area contributed by atoms with Gasteiger partial charge in [-0.15, -0.1) is 0 Å². The van der Waals surface area contributed by atoms with Crippen LogP contribution in [0.3, 0.4) is 0 Å². The molecule has 0 aliphatic heterocycles. The van der Waals surface area contributed by atoms with Gasteiger partial charge in [0.2, 0.25) is 0 Å². The molecular formula is C35H37FNOP. The summed E-state index contributed by atoms with van der Waals surface area (Å²) < 4.78 is 20.9. The molecule has 0 spiro atoms. The van der Waals surface area contributed by atoms with Crippen LogP contribution in [0, 0.1) is 17.7 Å². The van der Waals surface area contributed by atoms with Crippen molar-refractivity contribution in [1.29, 1.82) is 0 Å². The van der Waals surface area contributed by atoms with Crippen molar-refractivity contribution in [2.24, 2.45) is 11.8 Å². The molecule has 3 aromatic carbocycles. The Kier molecular flexibility index (Phi) is 9.59. The van der Waals surface area contributed by atoms with Gasteiger partial charge in [-0.3, -0.25) is 0 Å². The van der Waals surface area contributed by atoms with Crippen LogP contribution >= 0.6 is 8.58 Å². The first-order chi connectivity index (χ1) is 19.2. The molecule has 0 bridgehead atoms. The zero-order valence-electron chi connectivity index (χ0n) is 22.6. The molecule has 4 heteroatoms. The van der Waals surface area contributed by atoms with Gasteiger partial charge in [0.15, 0.2) is 0 Å². The molecule has 0 radical (unpaired) electrons. The first-order valence-corrected chi connectivity index (χ1v) is 14.9. The number of benzene rings is 3. The molecule has 0 fully saturated rings. The maximum Gasteiger partial charge on any atom is 0.130 e. The van der Waals surface area contributed by atoms with Gasteiger partial charge in [-0.25, -0.2) is 4.39 Å². The smallest absolute Gasteiger partial charge is 0.130 e. The average Bonchev–Trinajstić information content (AvgIpc) is 2.96. The molecule has 0 amide bonds. The van der Waals surface area contributed by atoms with Crippen molar-refractivity contribution in [2.75, 3.05) is 7.05 Å². The molecule has 2 aliphatic rings. The first-order valence-electron chi connectivity index (χ1n) is 13.9. The Hall–Kier alpha value is -3.26. The Morgan fingerprint density at radius 1 is 0.795 bits per heavy atom. The Bertz CT molecular complexity index is 1370. The summed E-state index contributed by atoms with van der Waals surface area (Å²) in [5.74, 6) is 1.74. The van der Waals surface area contributed by atoms with Gasteiger partial charge in [-0.05, 0) is 90.3 Å². The Morgan fingerprint density at radius 2 is 1.54 bits per heavy atom. The van der Waals surface area contributed by atoms with Crippen molar-refractivity contribution in [3.63, 3.8) is 0 Å². The standard InChI is InChI=1S/C35H37FNOP/c1-37-24-31-23-32(36)17-18-33(31)39-34-22-29(19-26-11-5-2-6-12-26)21-30(20-27-13-7-3-8-14-27)35(34)38-25-28-15-9-4-10-16-28/h2-11,13,15-18,21-23,26-27,37,39H,12,14,19-20,24-25H2,1H3. The molecule has 0 aromatic heterocycles. The molecule has 3 atom stereocenters. The van der Waals surface area contributed by atoms with E-state index >= 15 is 0 Å². The highest BCUT2D eigenvalue weighted by Gasteiger charge is 2.19. The summed E-state index contributed by atoms with van der Waals surface area (Å²) in [6.45, 7) is 1.15. The quantitative estimate of drug-likeness (QED) is 0.264. The summed E-state index contributed by atoms with van der Waals surface area (Å²) >= 11 is 0. The van der Waals surface area contributed by atoms with Crippen LogP contribution < -0.4 is 20.7 Å². The fraction of sp³-hybridized carbons (Fsp3) is 0.257. The highest BCUT2D eigenvalue weighted by atomic mass is 31.1. The molecule has 3 unspecified atom stereocenters. The number of hydrogen-bond acceptors (Lipinski definition) is 2. The maximum atomic E-state index is 14.2. The van der Waals surface area contributed by atoms with Gasteiger partial charge >= 0.3 is 0 Å². The van der Waals surface area contributed by atoms with Crippen molar-refractivity contribution in [2.45, 2.75) is 38.8 Å². The number of nitrogens with one attached hydrogen (secondary N) is 1. The molecule has 1 N–H and O–H groups in total. The molecule has 39 heavy (non-hydrogen) atoms. The molecule has 2 nitrogen and oxygen atoms in total. The maximum absolute atomic E-state index is 14.2. The highest BCUT2D eigenvalue weighted by molar-refractivity contribution is 7.55. The van der Waals surface area contributed by atoms with Crippen LogP contribution in [0.5, 0.6) is 5.75 Å². The zero-order chi connectivity index (χ0) is 26.9. The predicted octanol–water partition coefficient (Wildman–Crippen LogP) is 7.10. The number of ether oxygens (including phenoxy) is 1. The van der Waals surface area contributed by atoms with Crippen LogP contribution in [0.15, 0.2) is 109 Å². The van der Waals surface area contributed by atoms with Gasteiger partial charge in [-0.2, -0.15) is 0 Å². The van der Waals surface area contributed by atoms with E-state index in [9.17, 15) is 4.39 Å². The Balaban J connectivity index is 1.55. The van der Waals surface area contributed by atoms with E-state index in [0.29, 0.717) is 33.6 Å². The number of rotatable bonds is 11. The second-order valence-corrected chi connectivity index (χ2v) is 11.7. The molecule has 0 heterocycles. The van der Waals surface area contributed by atoms with Crippen molar-refractivity contribution in [1.82, 2.24) is 5.32 Å². The SMILES string of the molecule is CNCc1cc(F)ccc1Pc1cc(CC2C=CC=CC2)cc(CC2C=CC=CC2)c1OCc1ccccc1. The summed E-state index contributed by atoms with van der Waals surface area (Å²) in [6.07, 6.45) is 21.8. The van der Waals surface area contributed by atoms with Crippen LogP contribution in [-0.4, -0.2) is 7.05 Å². The third-order valence-corrected chi connectivity index (χ3v) is 8.67. The van der Waals surface area contributed by atoms with Gasteiger partial charge in [0.1, 0.15) is 18.2 Å².